The molecule has 1 N–H and O–H groups in total. The van der Waals surface area contributed by atoms with Gasteiger partial charge >= 0.3 is 0 Å². The van der Waals surface area contributed by atoms with Crippen LogP contribution in [0.15, 0.2) is 109 Å². The Balaban J connectivity index is 0.000000356. The number of pyridine rings is 1. The molecule has 0 spiro atoms. The molecule has 1 aliphatic heterocycles. The van der Waals surface area contributed by atoms with Gasteiger partial charge in [0.1, 0.15) is 5.75 Å². The number of carbonyl (C=O) groups excluding carboxylic acids is 1. The maximum atomic E-state index is 10.0. The molecule has 0 aliphatic carbocycles. The molecule has 37 heavy (non-hydrogen) atoms. The fourth-order valence-electron chi connectivity index (χ4n) is 4.38. The number of rotatable bonds is 2. The second-order valence-corrected chi connectivity index (χ2v) is 8.55. The SMILES string of the molecule is CC(=O)/C=C(/C)O.[Ir].[c-]1cc2c(cc1-c1nccc3ccccc13)Oc1ccccc1-c1ccccc1-2. The monoisotopic (exact) mass is 663 g/mol. The van der Waals surface area contributed by atoms with Crippen molar-refractivity contribution in [2.45, 2.75) is 13.8 Å². The van der Waals surface area contributed by atoms with E-state index in [2.05, 4.69) is 59.6 Å². The van der Waals surface area contributed by atoms with Crippen LogP contribution in [0, 0.1) is 6.07 Å². The molecule has 0 amide bonds. The first-order valence-corrected chi connectivity index (χ1v) is 11.7. The van der Waals surface area contributed by atoms with Gasteiger partial charge in [-0.05, 0) is 53.6 Å². The number of hydrogen-bond acceptors (Lipinski definition) is 4. The number of para-hydroxylation sites is 1. The van der Waals surface area contributed by atoms with E-state index in [0.717, 1.165) is 50.2 Å². The standard InChI is InChI=1S/C27H16NO.C5H8O2.Ir/c1-2-8-20-18(7-1)15-16-28-27(20)19-13-14-24-22-10-4-3-9-21(22)23-11-5-6-12-25(23)29-26(24)17-19;1-4(6)3-5(2)7;/h1-12,14-17H;3,6H,1-2H3;/q-1;;/b;4-3-;. The van der Waals surface area contributed by atoms with Crippen molar-refractivity contribution in [1.82, 2.24) is 4.98 Å². The Bertz CT molecular complexity index is 1610. The van der Waals surface area contributed by atoms with E-state index in [-0.39, 0.29) is 31.6 Å². The van der Waals surface area contributed by atoms with Gasteiger partial charge in [0.05, 0.1) is 11.5 Å². The Morgan fingerprint density at radius 2 is 1.49 bits per heavy atom. The predicted molar refractivity (Wildman–Crippen MR) is 144 cm³/mol. The van der Waals surface area contributed by atoms with Crippen LogP contribution < -0.4 is 4.74 Å². The molecule has 4 nitrogen and oxygen atoms in total. The molecule has 5 heteroatoms. The molecule has 1 aromatic heterocycles. The number of allylic oxidation sites excluding steroid dienone is 2. The van der Waals surface area contributed by atoms with Crippen LogP contribution >= 0.6 is 0 Å². The number of nitrogens with zero attached hydrogens (tertiary/aromatic N) is 1. The van der Waals surface area contributed by atoms with Crippen molar-refractivity contribution in [3.63, 3.8) is 0 Å². The smallest absolute Gasteiger partial charge is 0.155 e. The number of aliphatic hydroxyl groups excluding tert-OH is 1. The van der Waals surface area contributed by atoms with Gasteiger partial charge in [0.2, 0.25) is 0 Å². The number of ether oxygens (including phenoxy) is 1. The van der Waals surface area contributed by atoms with E-state index in [1.807, 2.05) is 48.7 Å². The Labute approximate surface area is 229 Å². The molecular formula is C32H24IrNO3-. The molecule has 0 saturated carbocycles. The molecule has 1 aliphatic rings. The molecule has 185 valence electrons. The normalized spacial score (nSPS) is 11.4. The van der Waals surface area contributed by atoms with Crippen LogP contribution in [0.1, 0.15) is 13.8 Å². The van der Waals surface area contributed by atoms with E-state index in [1.54, 1.807) is 0 Å². The number of hydrogen-bond donors (Lipinski definition) is 1. The first kappa shape index (κ1) is 26.0. The number of carbonyl (C=O) groups is 1. The fourth-order valence-corrected chi connectivity index (χ4v) is 4.38. The van der Waals surface area contributed by atoms with Gasteiger partial charge in [-0.2, -0.15) is 0 Å². The van der Waals surface area contributed by atoms with Crippen molar-refractivity contribution in [1.29, 1.82) is 0 Å². The van der Waals surface area contributed by atoms with Crippen LogP contribution in [0.2, 0.25) is 0 Å². The predicted octanol–water partition coefficient (Wildman–Crippen LogP) is 8.18. The van der Waals surface area contributed by atoms with Gasteiger partial charge in [-0.1, -0.05) is 78.4 Å². The number of ketones is 1. The molecule has 4 aromatic carbocycles. The zero-order chi connectivity index (χ0) is 25.1. The van der Waals surface area contributed by atoms with Crippen LogP contribution in [-0.4, -0.2) is 15.9 Å². The summed E-state index contributed by atoms with van der Waals surface area (Å²) in [6, 6.07) is 34.5. The number of aromatic nitrogens is 1. The van der Waals surface area contributed by atoms with Crippen molar-refractivity contribution in [3.05, 3.63) is 115 Å². The maximum absolute atomic E-state index is 10.0. The van der Waals surface area contributed by atoms with Crippen LogP contribution in [0.25, 0.3) is 44.3 Å². The zero-order valence-corrected chi connectivity index (χ0v) is 22.8. The van der Waals surface area contributed by atoms with Gasteiger partial charge in [0.15, 0.2) is 5.78 Å². The van der Waals surface area contributed by atoms with E-state index in [1.165, 1.54) is 25.5 Å². The minimum atomic E-state index is -0.125. The Hall–Kier alpha value is -4.05. The van der Waals surface area contributed by atoms with Crippen molar-refractivity contribution >= 4 is 16.6 Å². The summed E-state index contributed by atoms with van der Waals surface area (Å²) in [5.41, 5.74) is 6.31. The molecule has 6 rings (SSSR count). The molecule has 0 unspecified atom stereocenters. The molecule has 0 atom stereocenters. The average Bonchev–Trinajstić information content (AvgIpc) is 3.02. The topological polar surface area (TPSA) is 59.4 Å². The molecular weight excluding hydrogens is 639 g/mol. The van der Waals surface area contributed by atoms with Crippen molar-refractivity contribution in [2.75, 3.05) is 0 Å². The molecule has 2 heterocycles. The summed E-state index contributed by atoms with van der Waals surface area (Å²) in [5.74, 6) is 1.63. The molecule has 0 fully saturated rings. The largest absolute Gasteiger partial charge is 0.512 e. The summed E-state index contributed by atoms with van der Waals surface area (Å²) in [4.78, 5) is 14.7. The van der Waals surface area contributed by atoms with Crippen LogP contribution in [0.4, 0.5) is 0 Å². The fraction of sp³-hybridized carbons (Fsp3) is 0.0625. The number of fused-ring (bicyclic) bond motifs is 6. The summed E-state index contributed by atoms with van der Waals surface area (Å²) in [5, 5.41) is 10.6. The van der Waals surface area contributed by atoms with Crippen LogP contribution in [-0.2, 0) is 24.9 Å². The number of aliphatic hydroxyl groups is 1. The van der Waals surface area contributed by atoms with Crippen molar-refractivity contribution < 1.29 is 34.7 Å². The van der Waals surface area contributed by atoms with E-state index >= 15 is 0 Å². The summed E-state index contributed by atoms with van der Waals surface area (Å²) in [6.45, 7) is 2.85. The summed E-state index contributed by atoms with van der Waals surface area (Å²) < 4.78 is 6.41. The van der Waals surface area contributed by atoms with E-state index in [0.29, 0.717) is 0 Å². The first-order chi connectivity index (χ1) is 17.5. The van der Waals surface area contributed by atoms with Gasteiger partial charge in [-0.15, -0.1) is 17.7 Å². The number of benzene rings is 4. The molecule has 0 bridgehead atoms. The summed E-state index contributed by atoms with van der Waals surface area (Å²) >= 11 is 0. The third kappa shape index (κ3) is 5.54. The van der Waals surface area contributed by atoms with Gasteiger partial charge in [0.25, 0.3) is 0 Å². The van der Waals surface area contributed by atoms with Gasteiger partial charge in [-0.25, -0.2) is 0 Å². The van der Waals surface area contributed by atoms with Crippen molar-refractivity contribution in [3.8, 4) is 45.0 Å². The second kappa shape index (κ2) is 11.3. The third-order valence-corrected chi connectivity index (χ3v) is 5.87. The Kier molecular flexibility index (Phi) is 7.98. The van der Waals surface area contributed by atoms with Crippen LogP contribution in [0.5, 0.6) is 11.5 Å². The van der Waals surface area contributed by atoms with Gasteiger partial charge in [0, 0.05) is 37.9 Å². The van der Waals surface area contributed by atoms with Gasteiger partial charge in [-0.3, -0.25) is 4.79 Å². The summed E-state index contributed by atoms with van der Waals surface area (Å²) in [7, 11) is 0. The average molecular weight is 663 g/mol. The second-order valence-electron chi connectivity index (χ2n) is 8.55. The van der Waals surface area contributed by atoms with E-state index in [9.17, 15) is 4.79 Å². The first-order valence-electron chi connectivity index (χ1n) is 11.7. The van der Waals surface area contributed by atoms with Crippen LogP contribution in [0.3, 0.4) is 0 Å². The van der Waals surface area contributed by atoms with E-state index in [4.69, 9.17) is 9.84 Å². The molecule has 5 aromatic rings. The zero-order valence-electron chi connectivity index (χ0n) is 20.4. The molecule has 0 saturated heterocycles. The van der Waals surface area contributed by atoms with Gasteiger partial charge < -0.3 is 14.8 Å². The Morgan fingerprint density at radius 3 is 2.19 bits per heavy atom. The van der Waals surface area contributed by atoms with E-state index < -0.39 is 0 Å². The molecule has 1 radical (unpaired) electrons. The maximum Gasteiger partial charge on any atom is 0.155 e. The third-order valence-electron chi connectivity index (χ3n) is 5.87. The Morgan fingerprint density at radius 1 is 0.838 bits per heavy atom. The summed E-state index contributed by atoms with van der Waals surface area (Å²) in [6.07, 6.45) is 3.02. The minimum absolute atomic E-state index is 0. The van der Waals surface area contributed by atoms with Crippen molar-refractivity contribution in [2.24, 2.45) is 0 Å². The minimum Gasteiger partial charge on any atom is -0.512 e. The quantitative estimate of drug-likeness (QED) is 0.116.